The van der Waals surface area contributed by atoms with E-state index in [4.69, 9.17) is 11.6 Å². The molecule has 3 aromatic rings. The summed E-state index contributed by atoms with van der Waals surface area (Å²) in [6, 6.07) is 10.4. The summed E-state index contributed by atoms with van der Waals surface area (Å²) >= 11 is 6.25. The summed E-state index contributed by atoms with van der Waals surface area (Å²) in [5.41, 5.74) is 6.63. The molecule has 0 saturated carbocycles. The van der Waals surface area contributed by atoms with Crippen molar-refractivity contribution in [1.29, 1.82) is 0 Å². The fourth-order valence-electron chi connectivity index (χ4n) is 2.60. The third-order valence-electron chi connectivity index (χ3n) is 3.85. The van der Waals surface area contributed by atoms with E-state index < -0.39 is 0 Å². The highest BCUT2D eigenvalue weighted by Crippen LogP contribution is 2.24. The number of aryl methyl sites for hydroxylation is 3. The highest BCUT2D eigenvalue weighted by atomic mass is 35.5. The molecule has 1 aromatic carbocycles. The van der Waals surface area contributed by atoms with Crippen molar-refractivity contribution in [3.8, 4) is 0 Å². The van der Waals surface area contributed by atoms with Crippen LogP contribution in [0.15, 0.2) is 36.5 Å². The van der Waals surface area contributed by atoms with Gasteiger partial charge in [-0.1, -0.05) is 29.8 Å². The molecule has 21 heavy (non-hydrogen) atoms. The predicted octanol–water partition coefficient (Wildman–Crippen LogP) is 4.53. The Balaban J connectivity index is 1.94. The van der Waals surface area contributed by atoms with E-state index in [-0.39, 0.29) is 0 Å². The van der Waals surface area contributed by atoms with Crippen LogP contribution in [0.25, 0.3) is 5.65 Å². The Labute approximate surface area is 129 Å². The Bertz CT molecular complexity index is 785. The number of rotatable bonds is 3. The van der Waals surface area contributed by atoms with Crippen molar-refractivity contribution in [3.05, 3.63) is 64.1 Å². The maximum atomic E-state index is 6.25. The minimum atomic E-state index is 0.667. The van der Waals surface area contributed by atoms with Crippen molar-refractivity contribution >= 4 is 22.9 Å². The van der Waals surface area contributed by atoms with Gasteiger partial charge < -0.3 is 5.32 Å². The fraction of sp³-hybridized carbons (Fsp3) is 0.235. The van der Waals surface area contributed by atoms with Gasteiger partial charge >= 0.3 is 0 Å². The zero-order chi connectivity index (χ0) is 15.0. The monoisotopic (exact) mass is 299 g/mol. The number of halogens is 1. The van der Waals surface area contributed by atoms with Gasteiger partial charge in [-0.25, -0.2) is 4.98 Å². The molecular formula is C17H18ClN3. The second-order valence-corrected chi connectivity index (χ2v) is 5.69. The van der Waals surface area contributed by atoms with E-state index in [1.807, 2.05) is 29.7 Å². The van der Waals surface area contributed by atoms with Crippen LogP contribution in [0.4, 0.5) is 5.69 Å². The van der Waals surface area contributed by atoms with E-state index in [0.29, 0.717) is 5.15 Å². The molecule has 0 aliphatic carbocycles. The predicted molar refractivity (Wildman–Crippen MR) is 88.2 cm³/mol. The van der Waals surface area contributed by atoms with Crippen LogP contribution in [0.2, 0.25) is 5.15 Å². The number of imidazole rings is 1. The molecule has 3 rings (SSSR count). The number of nitrogens with zero attached hydrogens (tertiary/aromatic N) is 2. The molecule has 0 aliphatic heterocycles. The average Bonchev–Trinajstić information content (AvgIpc) is 2.75. The number of hydrogen-bond acceptors (Lipinski definition) is 2. The second kappa shape index (κ2) is 5.41. The average molecular weight is 300 g/mol. The SMILES string of the molecule is Cc1cccc(C)c1CNc1cccn2c(Cl)c(C)nc12. The molecule has 2 heterocycles. The molecule has 0 bridgehead atoms. The van der Waals surface area contributed by atoms with Gasteiger partial charge in [0.2, 0.25) is 0 Å². The van der Waals surface area contributed by atoms with Crippen LogP contribution in [0.1, 0.15) is 22.4 Å². The number of aromatic nitrogens is 2. The quantitative estimate of drug-likeness (QED) is 0.770. The van der Waals surface area contributed by atoms with E-state index in [2.05, 4.69) is 42.3 Å². The second-order valence-electron chi connectivity index (χ2n) is 5.33. The number of nitrogens with one attached hydrogen (secondary N) is 1. The standard InChI is InChI=1S/C17H18ClN3/c1-11-6-4-7-12(2)14(11)10-19-15-8-5-9-21-16(18)13(3)20-17(15)21/h4-9,19H,10H2,1-3H3. The molecule has 2 aromatic heterocycles. The molecular weight excluding hydrogens is 282 g/mol. The molecule has 1 N–H and O–H groups in total. The van der Waals surface area contributed by atoms with Crippen LogP contribution in [0.5, 0.6) is 0 Å². The highest BCUT2D eigenvalue weighted by Gasteiger charge is 2.10. The van der Waals surface area contributed by atoms with Gasteiger partial charge in [-0.15, -0.1) is 0 Å². The molecule has 4 heteroatoms. The summed E-state index contributed by atoms with van der Waals surface area (Å²) in [6.07, 6.45) is 1.93. The van der Waals surface area contributed by atoms with E-state index in [9.17, 15) is 0 Å². The van der Waals surface area contributed by atoms with Crippen LogP contribution in [0.3, 0.4) is 0 Å². The molecule has 0 radical (unpaired) electrons. The molecule has 0 saturated heterocycles. The molecule has 0 fully saturated rings. The third-order valence-corrected chi connectivity index (χ3v) is 4.31. The highest BCUT2D eigenvalue weighted by molar-refractivity contribution is 6.30. The van der Waals surface area contributed by atoms with E-state index in [0.717, 1.165) is 23.6 Å². The van der Waals surface area contributed by atoms with Crippen LogP contribution in [-0.4, -0.2) is 9.38 Å². The van der Waals surface area contributed by atoms with Gasteiger partial charge in [-0.05, 0) is 49.6 Å². The van der Waals surface area contributed by atoms with Crippen LogP contribution < -0.4 is 5.32 Å². The van der Waals surface area contributed by atoms with Crippen molar-refractivity contribution in [2.24, 2.45) is 0 Å². The molecule has 0 amide bonds. The van der Waals surface area contributed by atoms with Gasteiger partial charge in [0.25, 0.3) is 0 Å². The first-order valence-electron chi connectivity index (χ1n) is 7.00. The smallest absolute Gasteiger partial charge is 0.161 e. The normalized spacial score (nSPS) is 11.0. The zero-order valence-electron chi connectivity index (χ0n) is 12.4. The summed E-state index contributed by atoms with van der Waals surface area (Å²) in [5.74, 6) is 0. The lowest BCUT2D eigenvalue weighted by Crippen LogP contribution is -2.04. The summed E-state index contributed by atoms with van der Waals surface area (Å²) in [7, 11) is 0. The minimum Gasteiger partial charge on any atom is -0.378 e. The van der Waals surface area contributed by atoms with Gasteiger partial charge in [0.1, 0.15) is 5.15 Å². The fourth-order valence-corrected chi connectivity index (χ4v) is 2.78. The van der Waals surface area contributed by atoms with Crippen molar-refractivity contribution in [1.82, 2.24) is 9.38 Å². The molecule has 0 unspecified atom stereocenters. The number of hydrogen-bond donors (Lipinski definition) is 1. The molecule has 0 aliphatic rings. The number of pyridine rings is 1. The minimum absolute atomic E-state index is 0.667. The van der Waals surface area contributed by atoms with Crippen molar-refractivity contribution in [2.45, 2.75) is 27.3 Å². The van der Waals surface area contributed by atoms with Gasteiger partial charge in [0.05, 0.1) is 11.4 Å². The van der Waals surface area contributed by atoms with Crippen molar-refractivity contribution in [3.63, 3.8) is 0 Å². The van der Waals surface area contributed by atoms with E-state index >= 15 is 0 Å². The van der Waals surface area contributed by atoms with E-state index in [1.54, 1.807) is 0 Å². The topological polar surface area (TPSA) is 29.3 Å². The van der Waals surface area contributed by atoms with Crippen LogP contribution in [0, 0.1) is 20.8 Å². The third kappa shape index (κ3) is 2.49. The summed E-state index contributed by atoms with van der Waals surface area (Å²) in [5, 5.41) is 4.15. The summed E-state index contributed by atoms with van der Waals surface area (Å²) in [6.45, 7) is 6.98. The maximum Gasteiger partial charge on any atom is 0.161 e. The Morgan fingerprint density at radius 2 is 1.81 bits per heavy atom. The van der Waals surface area contributed by atoms with Gasteiger partial charge in [0.15, 0.2) is 5.65 Å². The molecule has 3 nitrogen and oxygen atoms in total. The first kappa shape index (κ1) is 14.0. The van der Waals surface area contributed by atoms with Crippen LogP contribution >= 0.6 is 11.6 Å². The van der Waals surface area contributed by atoms with E-state index in [1.165, 1.54) is 16.7 Å². The zero-order valence-corrected chi connectivity index (χ0v) is 13.2. The van der Waals surface area contributed by atoms with Crippen molar-refractivity contribution < 1.29 is 0 Å². The molecule has 0 spiro atoms. The maximum absolute atomic E-state index is 6.25. The Hall–Kier alpha value is -2.00. The van der Waals surface area contributed by atoms with Crippen molar-refractivity contribution in [2.75, 3.05) is 5.32 Å². The van der Waals surface area contributed by atoms with Gasteiger partial charge in [-0.2, -0.15) is 0 Å². The lowest BCUT2D eigenvalue weighted by molar-refractivity contribution is 1.08. The number of anilines is 1. The molecule has 108 valence electrons. The molecule has 0 atom stereocenters. The van der Waals surface area contributed by atoms with Gasteiger partial charge in [0, 0.05) is 12.7 Å². The largest absolute Gasteiger partial charge is 0.378 e. The van der Waals surface area contributed by atoms with Gasteiger partial charge in [-0.3, -0.25) is 4.40 Å². The summed E-state index contributed by atoms with van der Waals surface area (Å²) < 4.78 is 1.91. The summed E-state index contributed by atoms with van der Waals surface area (Å²) in [4.78, 5) is 4.54. The first-order valence-corrected chi connectivity index (χ1v) is 7.38. The lowest BCUT2D eigenvalue weighted by Gasteiger charge is -2.12. The lowest BCUT2D eigenvalue weighted by atomic mass is 10.0. The Morgan fingerprint density at radius 3 is 2.52 bits per heavy atom. The number of fused-ring (bicyclic) bond motifs is 1. The number of benzene rings is 1. The first-order chi connectivity index (χ1) is 10.1. The van der Waals surface area contributed by atoms with Crippen LogP contribution in [-0.2, 0) is 6.54 Å². The Kier molecular flexibility index (Phi) is 3.60. The Morgan fingerprint density at radius 1 is 1.10 bits per heavy atom.